The molecular formula is C12H14N6O2. The SMILES string of the molecule is CC(=O)NNC(=O)c1nnn(Cc2ccccc2)c1N. The van der Waals surface area contributed by atoms with Gasteiger partial charge in [0.05, 0.1) is 6.54 Å². The van der Waals surface area contributed by atoms with Crippen LogP contribution in [0.25, 0.3) is 0 Å². The van der Waals surface area contributed by atoms with E-state index in [0.29, 0.717) is 6.54 Å². The van der Waals surface area contributed by atoms with Crippen LogP contribution in [0, 0.1) is 0 Å². The number of carbonyl (C=O) groups excluding carboxylic acids is 2. The average molecular weight is 274 g/mol. The maximum atomic E-state index is 11.7. The third-order valence-electron chi connectivity index (χ3n) is 2.52. The monoisotopic (exact) mass is 274 g/mol. The van der Waals surface area contributed by atoms with Crippen LogP contribution in [-0.2, 0) is 11.3 Å². The van der Waals surface area contributed by atoms with Crippen LogP contribution in [0.2, 0.25) is 0 Å². The van der Waals surface area contributed by atoms with Crippen molar-refractivity contribution in [3.8, 4) is 0 Å². The predicted molar refractivity (Wildman–Crippen MR) is 71.3 cm³/mol. The molecule has 0 unspecified atom stereocenters. The number of rotatable bonds is 3. The molecule has 0 radical (unpaired) electrons. The van der Waals surface area contributed by atoms with Crippen LogP contribution in [0.4, 0.5) is 5.82 Å². The van der Waals surface area contributed by atoms with Gasteiger partial charge < -0.3 is 5.73 Å². The van der Waals surface area contributed by atoms with Gasteiger partial charge in [0.25, 0.3) is 5.91 Å². The molecule has 0 fully saturated rings. The van der Waals surface area contributed by atoms with Crippen molar-refractivity contribution in [1.82, 2.24) is 25.8 Å². The molecule has 2 rings (SSSR count). The van der Waals surface area contributed by atoms with Gasteiger partial charge in [0.1, 0.15) is 0 Å². The number of anilines is 1. The molecule has 1 heterocycles. The molecule has 0 saturated heterocycles. The summed E-state index contributed by atoms with van der Waals surface area (Å²) in [4.78, 5) is 22.4. The van der Waals surface area contributed by atoms with Crippen LogP contribution in [-0.4, -0.2) is 26.8 Å². The van der Waals surface area contributed by atoms with Crippen molar-refractivity contribution < 1.29 is 9.59 Å². The Labute approximate surface area is 114 Å². The predicted octanol–water partition coefficient (Wildman–Crippen LogP) is -0.310. The van der Waals surface area contributed by atoms with Crippen molar-refractivity contribution >= 4 is 17.6 Å². The minimum Gasteiger partial charge on any atom is -0.382 e. The standard InChI is InChI=1S/C12H14N6O2/c1-8(19)14-16-12(20)10-11(13)18(17-15-10)7-9-5-3-2-4-6-9/h2-6H,7,13H2,1H3,(H,14,19)(H,16,20). The zero-order valence-electron chi connectivity index (χ0n) is 10.8. The third-order valence-corrected chi connectivity index (χ3v) is 2.52. The summed E-state index contributed by atoms with van der Waals surface area (Å²) < 4.78 is 1.41. The number of nitrogen functional groups attached to an aromatic ring is 1. The molecule has 20 heavy (non-hydrogen) atoms. The highest BCUT2D eigenvalue weighted by molar-refractivity contribution is 5.97. The lowest BCUT2D eigenvalue weighted by Crippen LogP contribution is -2.40. The summed E-state index contributed by atoms with van der Waals surface area (Å²) in [7, 11) is 0. The molecule has 2 amide bonds. The lowest BCUT2D eigenvalue weighted by atomic mass is 10.2. The maximum absolute atomic E-state index is 11.7. The maximum Gasteiger partial charge on any atom is 0.294 e. The van der Waals surface area contributed by atoms with E-state index in [2.05, 4.69) is 21.2 Å². The van der Waals surface area contributed by atoms with Crippen molar-refractivity contribution in [2.24, 2.45) is 0 Å². The molecule has 0 aliphatic heterocycles. The molecule has 0 atom stereocenters. The quantitative estimate of drug-likeness (QED) is 0.664. The average Bonchev–Trinajstić information content (AvgIpc) is 2.79. The fraction of sp³-hybridized carbons (Fsp3) is 0.167. The lowest BCUT2D eigenvalue weighted by molar-refractivity contribution is -0.119. The number of nitrogens with zero attached hydrogens (tertiary/aromatic N) is 3. The van der Waals surface area contributed by atoms with E-state index < -0.39 is 11.8 Å². The zero-order chi connectivity index (χ0) is 14.5. The Morgan fingerprint density at radius 3 is 2.60 bits per heavy atom. The van der Waals surface area contributed by atoms with Gasteiger partial charge in [0.15, 0.2) is 11.5 Å². The molecule has 0 saturated carbocycles. The van der Waals surface area contributed by atoms with Crippen molar-refractivity contribution in [3.05, 3.63) is 41.6 Å². The van der Waals surface area contributed by atoms with Gasteiger partial charge in [-0.2, -0.15) is 0 Å². The van der Waals surface area contributed by atoms with Crippen LogP contribution in [0.15, 0.2) is 30.3 Å². The van der Waals surface area contributed by atoms with Gasteiger partial charge in [-0.1, -0.05) is 35.5 Å². The van der Waals surface area contributed by atoms with E-state index >= 15 is 0 Å². The van der Waals surface area contributed by atoms with Crippen LogP contribution in [0.1, 0.15) is 23.0 Å². The van der Waals surface area contributed by atoms with Crippen LogP contribution in [0.3, 0.4) is 0 Å². The molecule has 0 aliphatic rings. The summed E-state index contributed by atoms with van der Waals surface area (Å²) in [5, 5.41) is 7.54. The molecule has 2 aromatic rings. The first-order valence-electron chi connectivity index (χ1n) is 5.87. The first-order chi connectivity index (χ1) is 9.58. The van der Waals surface area contributed by atoms with E-state index in [-0.39, 0.29) is 11.5 Å². The van der Waals surface area contributed by atoms with Gasteiger partial charge in [0, 0.05) is 6.92 Å². The fourth-order valence-corrected chi connectivity index (χ4v) is 1.56. The van der Waals surface area contributed by atoms with E-state index in [4.69, 9.17) is 5.73 Å². The first kappa shape index (κ1) is 13.5. The molecule has 0 bridgehead atoms. The van der Waals surface area contributed by atoms with Crippen molar-refractivity contribution in [1.29, 1.82) is 0 Å². The molecule has 0 spiro atoms. The van der Waals surface area contributed by atoms with E-state index in [1.165, 1.54) is 11.6 Å². The smallest absolute Gasteiger partial charge is 0.294 e. The van der Waals surface area contributed by atoms with E-state index in [9.17, 15) is 9.59 Å². The molecule has 1 aromatic carbocycles. The van der Waals surface area contributed by atoms with E-state index in [0.717, 1.165) is 5.56 Å². The Kier molecular flexibility index (Phi) is 3.94. The summed E-state index contributed by atoms with van der Waals surface area (Å²) in [6, 6.07) is 9.52. The molecule has 4 N–H and O–H groups in total. The highest BCUT2D eigenvalue weighted by Gasteiger charge is 2.17. The Balaban J connectivity index is 2.11. The van der Waals surface area contributed by atoms with Gasteiger partial charge in [-0.25, -0.2) is 4.68 Å². The second kappa shape index (κ2) is 5.83. The van der Waals surface area contributed by atoms with E-state index in [1.54, 1.807) is 0 Å². The van der Waals surface area contributed by atoms with Gasteiger partial charge in [0.2, 0.25) is 5.91 Å². The van der Waals surface area contributed by atoms with Crippen LogP contribution in [0.5, 0.6) is 0 Å². The van der Waals surface area contributed by atoms with Crippen molar-refractivity contribution in [2.45, 2.75) is 13.5 Å². The summed E-state index contributed by atoms with van der Waals surface area (Å²) in [6.07, 6.45) is 0. The molecule has 1 aromatic heterocycles. The number of aromatic nitrogens is 3. The summed E-state index contributed by atoms with van der Waals surface area (Å²) in [5.41, 5.74) is 11.1. The number of hydrazine groups is 1. The van der Waals surface area contributed by atoms with Gasteiger partial charge in [-0.15, -0.1) is 5.10 Å². The topological polar surface area (TPSA) is 115 Å². The van der Waals surface area contributed by atoms with E-state index in [1.807, 2.05) is 30.3 Å². The minimum absolute atomic E-state index is 0.0327. The number of hydrogen-bond donors (Lipinski definition) is 3. The Bertz CT molecular complexity index is 622. The molecule has 8 heteroatoms. The van der Waals surface area contributed by atoms with Crippen molar-refractivity contribution in [3.63, 3.8) is 0 Å². The van der Waals surface area contributed by atoms with Gasteiger partial charge in [-0.3, -0.25) is 20.4 Å². The number of nitrogens with two attached hydrogens (primary N) is 1. The van der Waals surface area contributed by atoms with Crippen molar-refractivity contribution in [2.75, 3.05) is 5.73 Å². The Hall–Kier alpha value is -2.90. The highest BCUT2D eigenvalue weighted by Crippen LogP contribution is 2.10. The second-order valence-corrected chi connectivity index (χ2v) is 4.10. The first-order valence-corrected chi connectivity index (χ1v) is 5.87. The Morgan fingerprint density at radius 2 is 1.95 bits per heavy atom. The number of amides is 2. The largest absolute Gasteiger partial charge is 0.382 e. The number of benzene rings is 1. The molecular weight excluding hydrogens is 260 g/mol. The molecule has 8 nitrogen and oxygen atoms in total. The Morgan fingerprint density at radius 1 is 1.25 bits per heavy atom. The van der Waals surface area contributed by atoms with Crippen LogP contribution >= 0.6 is 0 Å². The molecule has 104 valence electrons. The molecule has 0 aliphatic carbocycles. The van der Waals surface area contributed by atoms with Gasteiger partial charge in [-0.05, 0) is 5.56 Å². The number of hydrogen-bond acceptors (Lipinski definition) is 5. The van der Waals surface area contributed by atoms with Gasteiger partial charge >= 0.3 is 0 Å². The number of nitrogens with one attached hydrogen (secondary N) is 2. The highest BCUT2D eigenvalue weighted by atomic mass is 16.2. The second-order valence-electron chi connectivity index (χ2n) is 4.10. The minimum atomic E-state index is -0.614. The van der Waals surface area contributed by atoms with Crippen LogP contribution < -0.4 is 16.6 Å². The normalized spacial score (nSPS) is 10.1. The summed E-state index contributed by atoms with van der Waals surface area (Å²) in [6.45, 7) is 1.68. The lowest BCUT2D eigenvalue weighted by Gasteiger charge is -2.04. The summed E-state index contributed by atoms with van der Waals surface area (Å²) >= 11 is 0. The zero-order valence-corrected chi connectivity index (χ0v) is 10.8. The summed E-state index contributed by atoms with van der Waals surface area (Å²) in [5.74, 6) is -0.873. The fourth-order valence-electron chi connectivity index (χ4n) is 1.56. The third kappa shape index (κ3) is 3.10. The number of carbonyl (C=O) groups is 2.